The Kier molecular flexibility index (Phi) is 27.2. The highest BCUT2D eigenvalue weighted by atomic mass is 14.9. The van der Waals surface area contributed by atoms with Gasteiger partial charge in [-0.25, -0.2) is 0 Å². The largest absolute Gasteiger partial charge is 0.383 e. The quantitative estimate of drug-likeness (QED) is 0.286. The molecule has 4 nitrogen and oxygen atoms in total. The first-order chi connectivity index (χ1) is 19.5. The summed E-state index contributed by atoms with van der Waals surface area (Å²) in [6.07, 6.45) is 5.25. The molecule has 0 bridgehead atoms. The second-order valence-electron chi connectivity index (χ2n) is 9.93. The molecule has 2 aliphatic rings. The van der Waals surface area contributed by atoms with Crippen molar-refractivity contribution in [2.75, 3.05) is 36.8 Å². The zero-order valence-corrected chi connectivity index (χ0v) is 28.6. The Hall–Kier alpha value is -2.04. The molecule has 0 radical (unpaired) electrons. The minimum Gasteiger partial charge on any atom is -0.383 e. The van der Waals surface area contributed by atoms with E-state index >= 15 is 0 Å². The minimum absolute atomic E-state index is 0.502. The smallest absolute Gasteiger partial charge is 0.0342 e. The molecule has 2 aromatic rings. The molecular formula is C36H68N4. The first kappa shape index (κ1) is 40.1. The highest BCUT2D eigenvalue weighted by molar-refractivity contribution is 5.46. The van der Waals surface area contributed by atoms with Crippen molar-refractivity contribution in [3.05, 3.63) is 59.7 Å². The molecule has 2 fully saturated rings. The Bertz CT molecular complexity index is 689. The van der Waals surface area contributed by atoms with Crippen molar-refractivity contribution in [2.45, 2.75) is 133 Å². The van der Waals surface area contributed by atoms with Gasteiger partial charge in [0.15, 0.2) is 0 Å². The molecule has 0 spiro atoms. The summed E-state index contributed by atoms with van der Waals surface area (Å²) in [7, 11) is 0. The van der Waals surface area contributed by atoms with Crippen LogP contribution in [0, 0.1) is 0 Å². The average Bonchev–Trinajstić information content (AvgIpc) is 3.03. The Morgan fingerprint density at radius 3 is 1.05 bits per heavy atom. The SMILES string of the molecule is CC.CC.CC.CC.CC(C)Nc1ccc([C@@H]2CCCNC2)cc1.CC(C)Nc1ccc([C@H]2CCCNC2)cc1. The van der Waals surface area contributed by atoms with Gasteiger partial charge in [0.2, 0.25) is 0 Å². The van der Waals surface area contributed by atoms with E-state index in [1.165, 1.54) is 61.3 Å². The third kappa shape index (κ3) is 17.6. The number of hydrogen-bond donors (Lipinski definition) is 4. The molecule has 2 aromatic carbocycles. The lowest BCUT2D eigenvalue weighted by molar-refractivity contribution is 0.461. The maximum absolute atomic E-state index is 3.46. The van der Waals surface area contributed by atoms with Gasteiger partial charge in [-0.1, -0.05) is 79.7 Å². The van der Waals surface area contributed by atoms with Crippen LogP contribution >= 0.6 is 0 Å². The van der Waals surface area contributed by atoms with Gasteiger partial charge in [-0.05, 0) is 114 Å². The van der Waals surface area contributed by atoms with Crippen molar-refractivity contribution in [3.8, 4) is 0 Å². The second kappa shape index (κ2) is 27.1. The maximum Gasteiger partial charge on any atom is 0.0342 e. The summed E-state index contributed by atoms with van der Waals surface area (Å²) in [5.74, 6) is 1.42. The Labute approximate surface area is 250 Å². The van der Waals surface area contributed by atoms with E-state index in [0.29, 0.717) is 23.9 Å². The normalized spacial score (nSPS) is 17.4. The maximum atomic E-state index is 3.46. The molecule has 2 aliphatic heterocycles. The van der Waals surface area contributed by atoms with Gasteiger partial charge in [-0.15, -0.1) is 0 Å². The molecule has 4 N–H and O–H groups in total. The molecule has 0 aromatic heterocycles. The topological polar surface area (TPSA) is 48.1 Å². The van der Waals surface area contributed by atoms with Crippen LogP contribution in [0.3, 0.4) is 0 Å². The standard InChI is InChI=1S/2C14H22N2.4C2H6/c2*1-11(2)16-14-7-5-12(6-8-14)13-4-3-9-15-10-13;4*1-2/h2*5-8,11,13,15-16H,3-4,9-10H2,1-2H3;4*1-2H3/t2*13-;;;;/m10..../s1. The van der Waals surface area contributed by atoms with E-state index in [-0.39, 0.29) is 0 Å². The lowest BCUT2D eigenvalue weighted by atomic mass is 9.91. The van der Waals surface area contributed by atoms with Gasteiger partial charge >= 0.3 is 0 Å². The van der Waals surface area contributed by atoms with E-state index in [2.05, 4.69) is 97.5 Å². The molecule has 0 amide bonds. The third-order valence-corrected chi connectivity index (χ3v) is 6.27. The van der Waals surface area contributed by atoms with E-state index < -0.39 is 0 Å². The molecule has 4 rings (SSSR count). The van der Waals surface area contributed by atoms with Crippen LogP contribution in [0.5, 0.6) is 0 Å². The van der Waals surface area contributed by atoms with Gasteiger partial charge in [-0.2, -0.15) is 0 Å². The van der Waals surface area contributed by atoms with Crippen LogP contribution in [0.15, 0.2) is 48.5 Å². The van der Waals surface area contributed by atoms with Gasteiger partial charge in [-0.3, -0.25) is 0 Å². The molecule has 40 heavy (non-hydrogen) atoms. The number of rotatable bonds is 6. The summed E-state index contributed by atoms with van der Waals surface area (Å²) in [6.45, 7) is 29.3. The number of benzene rings is 2. The monoisotopic (exact) mass is 557 g/mol. The number of nitrogens with one attached hydrogen (secondary N) is 4. The van der Waals surface area contributed by atoms with Gasteiger partial charge in [0.1, 0.15) is 0 Å². The Balaban J connectivity index is 0. The molecular weight excluding hydrogens is 488 g/mol. The summed E-state index contributed by atoms with van der Waals surface area (Å²) < 4.78 is 0. The van der Waals surface area contributed by atoms with Crippen LogP contribution in [0.4, 0.5) is 11.4 Å². The molecule has 0 aliphatic carbocycles. The number of anilines is 2. The van der Waals surface area contributed by atoms with E-state index in [0.717, 1.165) is 13.1 Å². The molecule has 2 saturated heterocycles. The first-order valence-electron chi connectivity index (χ1n) is 16.7. The second-order valence-corrected chi connectivity index (χ2v) is 9.93. The fraction of sp³-hybridized carbons (Fsp3) is 0.667. The van der Waals surface area contributed by atoms with Crippen LogP contribution in [0.2, 0.25) is 0 Å². The predicted molar refractivity (Wildman–Crippen MR) is 185 cm³/mol. The van der Waals surface area contributed by atoms with Gasteiger partial charge in [0.05, 0.1) is 0 Å². The molecule has 2 atom stereocenters. The lowest BCUT2D eigenvalue weighted by Crippen LogP contribution is -2.28. The van der Waals surface area contributed by atoms with Gasteiger partial charge in [0.25, 0.3) is 0 Å². The predicted octanol–water partition coefficient (Wildman–Crippen LogP) is 10.1. The molecule has 0 saturated carbocycles. The van der Waals surface area contributed by atoms with Crippen molar-refractivity contribution in [3.63, 3.8) is 0 Å². The highest BCUT2D eigenvalue weighted by Gasteiger charge is 2.15. The van der Waals surface area contributed by atoms with Crippen LogP contribution in [0.1, 0.15) is 132 Å². The molecule has 4 heteroatoms. The van der Waals surface area contributed by atoms with E-state index in [1.54, 1.807) is 0 Å². The summed E-state index contributed by atoms with van der Waals surface area (Å²) in [5, 5.41) is 13.8. The summed E-state index contributed by atoms with van der Waals surface area (Å²) in [5.41, 5.74) is 5.40. The first-order valence-corrected chi connectivity index (χ1v) is 16.7. The van der Waals surface area contributed by atoms with Crippen molar-refractivity contribution < 1.29 is 0 Å². The van der Waals surface area contributed by atoms with Gasteiger partial charge < -0.3 is 21.3 Å². The van der Waals surface area contributed by atoms with Crippen molar-refractivity contribution in [1.82, 2.24) is 10.6 Å². The van der Waals surface area contributed by atoms with E-state index in [4.69, 9.17) is 0 Å². The lowest BCUT2D eigenvalue weighted by Gasteiger charge is -2.23. The van der Waals surface area contributed by atoms with Crippen molar-refractivity contribution in [2.24, 2.45) is 0 Å². The fourth-order valence-corrected chi connectivity index (χ4v) is 4.64. The average molecular weight is 557 g/mol. The van der Waals surface area contributed by atoms with E-state index in [1.807, 2.05) is 55.4 Å². The third-order valence-electron chi connectivity index (χ3n) is 6.27. The highest BCUT2D eigenvalue weighted by Crippen LogP contribution is 2.25. The van der Waals surface area contributed by atoms with Crippen molar-refractivity contribution >= 4 is 11.4 Å². The van der Waals surface area contributed by atoms with Crippen LogP contribution in [0.25, 0.3) is 0 Å². The summed E-state index contributed by atoms with van der Waals surface area (Å²) >= 11 is 0. The number of hydrogen-bond acceptors (Lipinski definition) is 4. The summed E-state index contributed by atoms with van der Waals surface area (Å²) in [4.78, 5) is 0. The van der Waals surface area contributed by atoms with Crippen LogP contribution in [-0.4, -0.2) is 38.3 Å². The number of piperidine rings is 2. The minimum atomic E-state index is 0.502. The Morgan fingerprint density at radius 2 is 0.825 bits per heavy atom. The molecule has 232 valence electrons. The van der Waals surface area contributed by atoms with Gasteiger partial charge in [0, 0.05) is 36.5 Å². The summed E-state index contributed by atoms with van der Waals surface area (Å²) in [6, 6.07) is 18.9. The van der Waals surface area contributed by atoms with Crippen LogP contribution < -0.4 is 21.3 Å². The zero-order valence-electron chi connectivity index (χ0n) is 28.6. The molecule has 2 heterocycles. The molecule has 0 unspecified atom stereocenters. The van der Waals surface area contributed by atoms with E-state index in [9.17, 15) is 0 Å². The van der Waals surface area contributed by atoms with Crippen molar-refractivity contribution in [1.29, 1.82) is 0 Å². The van der Waals surface area contributed by atoms with Crippen LogP contribution in [-0.2, 0) is 0 Å². The fourth-order valence-electron chi connectivity index (χ4n) is 4.64. The zero-order chi connectivity index (χ0) is 30.8. The Morgan fingerprint density at radius 1 is 0.525 bits per heavy atom.